The van der Waals surface area contributed by atoms with E-state index < -0.39 is 0 Å². The number of ether oxygens (including phenoxy) is 1. The minimum Gasteiger partial charge on any atom is -0.508 e. The zero-order valence-corrected chi connectivity index (χ0v) is 24.4. The van der Waals surface area contributed by atoms with E-state index in [0.29, 0.717) is 36.0 Å². The summed E-state index contributed by atoms with van der Waals surface area (Å²) in [5, 5.41) is 21.1. The van der Waals surface area contributed by atoms with Gasteiger partial charge in [0.1, 0.15) is 5.75 Å². The van der Waals surface area contributed by atoms with Gasteiger partial charge < -0.3 is 14.9 Å². The third-order valence-electron chi connectivity index (χ3n) is 10.7. The summed E-state index contributed by atoms with van der Waals surface area (Å²) in [7, 11) is 0. The van der Waals surface area contributed by atoms with Crippen molar-refractivity contribution in [2.24, 2.45) is 29.1 Å². The van der Waals surface area contributed by atoms with Crippen LogP contribution in [-0.2, 0) is 16.0 Å². The first kappa shape index (κ1) is 29.4. The number of phenols is 1. The normalized spacial score (nSPS) is 30.8. The number of carbonyl (C=O) groups is 1. The van der Waals surface area contributed by atoms with Gasteiger partial charge in [0.05, 0.1) is 18.6 Å². The predicted octanol–water partition coefficient (Wildman–Crippen LogP) is 8.33. The number of aliphatic hydroxyl groups is 1. The Morgan fingerprint density at radius 1 is 1.03 bits per heavy atom. The second-order valence-corrected chi connectivity index (χ2v) is 13.1. The van der Waals surface area contributed by atoms with Gasteiger partial charge in [0.2, 0.25) is 0 Å². The van der Waals surface area contributed by atoms with Gasteiger partial charge in [0, 0.05) is 0 Å². The van der Waals surface area contributed by atoms with Crippen molar-refractivity contribution in [2.45, 2.75) is 136 Å². The fourth-order valence-corrected chi connectivity index (χ4v) is 8.80. The van der Waals surface area contributed by atoms with E-state index in [-0.39, 0.29) is 23.4 Å². The Hall–Kier alpha value is -1.55. The van der Waals surface area contributed by atoms with Gasteiger partial charge in [-0.1, -0.05) is 71.3 Å². The maximum Gasteiger partial charge on any atom is 0.308 e. The summed E-state index contributed by atoms with van der Waals surface area (Å²) in [4.78, 5) is 12.1. The van der Waals surface area contributed by atoms with Crippen molar-refractivity contribution in [3.63, 3.8) is 0 Å². The Bertz CT molecular complexity index is 896. The van der Waals surface area contributed by atoms with Gasteiger partial charge in [0.25, 0.3) is 0 Å². The second-order valence-electron chi connectivity index (χ2n) is 13.1. The minimum absolute atomic E-state index is 0.00185. The Kier molecular flexibility index (Phi) is 10.6. The molecule has 4 nitrogen and oxygen atoms in total. The molecule has 0 radical (unpaired) electrons. The van der Waals surface area contributed by atoms with Crippen LogP contribution in [0.3, 0.4) is 0 Å². The van der Waals surface area contributed by atoms with Crippen molar-refractivity contribution < 1.29 is 19.7 Å². The number of rotatable bonds is 14. The van der Waals surface area contributed by atoms with Gasteiger partial charge >= 0.3 is 5.97 Å². The predicted molar refractivity (Wildman–Crippen MR) is 154 cm³/mol. The third-order valence-corrected chi connectivity index (χ3v) is 10.7. The summed E-state index contributed by atoms with van der Waals surface area (Å²) in [6, 6.07) is 6.12. The zero-order valence-electron chi connectivity index (χ0n) is 24.4. The number of benzene rings is 1. The van der Waals surface area contributed by atoms with Gasteiger partial charge in [-0.25, -0.2) is 0 Å². The summed E-state index contributed by atoms with van der Waals surface area (Å²) in [6.07, 6.45) is 18.4. The Morgan fingerprint density at radius 2 is 1.76 bits per heavy atom. The Balaban J connectivity index is 1.24. The summed E-state index contributed by atoms with van der Waals surface area (Å²) in [5.41, 5.74) is 2.94. The smallest absolute Gasteiger partial charge is 0.308 e. The maximum atomic E-state index is 12.1. The van der Waals surface area contributed by atoms with Crippen molar-refractivity contribution in [2.75, 3.05) is 6.61 Å². The van der Waals surface area contributed by atoms with Crippen molar-refractivity contribution in [1.82, 2.24) is 0 Å². The molecule has 38 heavy (non-hydrogen) atoms. The van der Waals surface area contributed by atoms with E-state index in [2.05, 4.69) is 19.9 Å². The molecule has 4 rings (SSSR count). The monoisotopic (exact) mass is 526 g/mol. The molecule has 0 aliphatic heterocycles. The number of esters is 1. The first-order valence-corrected chi connectivity index (χ1v) is 16.1. The molecule has 4 heteroatoms. The van der Waals surface area contributed by atoms with Crippen LogP contribution in [0.2, 0.25) is 0 Å². The lowest BCUT2D eigenvalue weighted by atomic mass is 9.51. The Labute approximate surface area is 231 Å². The molecule has 4 unspecified atom stereocenters. The number of unbranched alkanes of at least 4 members (excludes halogenated alkanes) is 6. The highest BCUT2D eigenvalue weighted by Crippen LogP contribution is 2.63. The van der Waals surface area contributed by atoms with Gasteiger partial charge in [-0.05, 0) is 111 Å². The van der Waals surface area contributed by atoms with E-state index >= 15 is 0 Å². The molecule has 0 amide bonds. The summed E-state index contributed by atoms with van der Waals surface area (Å²) >= 11 is 0. The molecule has 0 saturated heterocycles. The van der Waals surface area contributed by atoms with Gasteiger partial charge in [0.15, 0.2) is 0 Å². The lowest BCUT2D eigenvalue weighted by molar-refractivity contribution is -0.148. The fraction of sp³-hybridized carbons (Fsp3) is 0.794. The summed E-state index contributed by atoms with van der Waals surface area (Å²) in [6.45, 7) is 6.91. The highest BCUT2D eigenvalue weighted by molar-refractivity contribution is 5.72. The minimum atomic E-state index is -0.141. The number of aromatic hydroxyl groups is 1. The van der Waals surface area contributed by atoms with Crippen LogP contribution in [-0.4, -0.2) is 28.9 Å². The Morgan fingerprint density at radius 3 is 2.50 bits per heavy atom. The number of fused-ring (bicyclic) bond motifs is 5. The van der Waals surface area contributed by atoms with Crippen LogP contribution in [0.4, 0.5) is 0 Å². The van der Waals surface area contributed by atoms with E-state index in [1.54, 1.807) is 0 Å². The molecule has 214 valence electrons. The molecule has 0 heterocycles. The van der Waals surface area contributed by atoms with Gasteiger partial charge in [-0.2, -0.15) is 0 Å². The second kappa shape index (κ2) is 13.7. The summed E-state index contributed by atoms with van der Waals surface area (Å²) < 4.78 is 5.26. The molecular weight excluding hydrogens is 472 g/mol. The molecule has 3 aliphatic rings. The maximum absolute atomic E-state index is 12.1. The van der Waals surface area contributed by atoms with Gasteiger partial charge in [-0.3, -0.25) is 4.79 Å². The highest BCUT2D eigenvalue weighted by atomic mass is 16.5. The van der Waals surface area contributed by atoms with E-state index in [1.165, 1.54) is 68.9 Å². The molecule has 0 spiro atoms. The largest absolute Gasteiger partial charge is 0.508 e. The van der Waals surface area contributed by atoms with Crippen LogP contribution in [0.25, 0.3) is 0 Å². The van der Waals surface area contributed by atoms with Crippen LogP contribution in [0.1, 0.15) is 134 Å². The van der Waals surface area contributed by atoms with Crippen LogP contribution in [0.15, 0.2) is 18.2 Å². The first-order chi connectivity index (χ1) is 18.4. The average molecular weight is 527 g/mol. The number of hydrogen-bond donors (Lipinski definition) is 2. The molecule has 2 N–H and O–H groups in total. The standard InChI is InChI=1S/C34H54O4/c1-4-13-24(33(37)38-5-2)14-11-9-7-6-8-10-12-15-26-23-34(3)30(20-21-31(34)36)29-18-16-25-22-27(35)17-19-28(25)32(26)29/h17,19,22,24,26,29-32,35-36H,4-16,18,20-21,23H2,1-3H3/t24?,26-,29?,30?,31-,32?,34-/m0/s1. The van der Waals surface area contributed by atoms with Crippen LogP contribution < -0.4 is 0 Å². The number of hydrogen-bond acceptors (Lipinski definition) is 4. The molecule has 3 aliphatic carbocycles. The topological polar surface area (TPSA) is 66.8 Å². The van der Waals surface area contributed by atoms with E-state index in [0.717, 1.165) is 44.9 Å². The first-order valence-electron chi connectivity index (χ1n) is 16.1. The molecule has 1 aromatic carbocycles. The van der Waals surface area contributed by atoms with Crippen LogP contribution in [0.5, 0.6) is 5.75 Å². The van der Waals surface area contributed by atoms with E-state index in [4.69, 9.17) is 4.74 Å². The van der Waals surface area contributed by atoms with Gasteiger partial charge in [-0.15, -0.1) is 0 Å². The molecule has 2 fully saturated rings. The number of phenolic OH excluding ortho intramolecular Hbond substituents is 1. The SMILES string of the molecule is CCCC(CCCCCCCCC[C@H]1C[C@@]2(C)C(CC[C@@H]2O)C2CCc3cc(O)ccc3C21)C(=O)OCC. The third kappa shape index (κ3) is 6.60. The highest BCUT2D eigenvalue weighted by Gasteiger charge is 2.57. The van der Waals surface area contributed by atoms with E-state index in [9.17, 15) is 15.0 Å². The lowest BCUT2D eigenvalue weighted by Gasteiger charge is -2.54. The molecule has 0 aromatic heterocycles. The van der Waals surface area contributed by atoms with Crippen molar-refractivity contribution in [3.05, 3.63) is 29.3 Å². The van der Waals surface area contributed by atoms with Crippen LogP contribution in [0, 0.1) is 29.1 Å². The summed E-state index contributed by atoms with van der Waals surface area (Å²) in [5.74, 6) is 3.04. The molecular formula is C34H54O4. The fourth-order valence-electron chi connectivity index (χ4n) is 8.80. The molecule has 1 aromatic rings. The van der Waals surface area contributed by atoms with Crippen LogP contribution >= 0.6 is 0 Å². The van der Waals surface area contributed by atoms with Crippen molar-refractivity contribution >= 4 is 5.97 Å². The van der Waals surface area contributed by atoms with Crippen molar-refractivity contribution in [3.8, 4) is 5.75 Å². The molecule has 7 atom stereocenters. The number of aryl methyl sites for hydroxylation is 1. The average Bonchev–Trinajstić information content (AvgIpc) is 3.20. The molecule has 2 saturated carbocycles. The van der Waals surface area contributed by atoms with Crippen molar-refractivity contribution in [1.29, 1.82) is 0 Å². The number of aliphatic hydroxyl groups excluding tert-OH is 1. The quantitative estimate of drug-likeness (QED) is 0.189. The lowest BCUT2D eigenvalue weighted by Crippen LogP contribution is -2.47. The van der Waals surface area contributed by atoms with E-state index in [1.807, 2.05) is 19.1 Å². The molecule has 0 bridgehead atoms. The number of carbonyl (C=O) groups excluding carboxylic acids is 1. The zero-order chi connectivity index (χ0) is 27.1.